The van der Waals surface area contributed by atoms with E-state index in [1.165, 1.54) is 12.3 Å². The Morgan fingerprint density at radius 2 is 1.90 bits per heavy atom. The van der Waals surface area contributed by atoms with Gasteiger partial charge in [0.05, 0.1) is 16.3 Å². The fourth-order valence-corrected chi connectivity index (χ4v) is 1.96. The van der Waals surface area contributed by atoms with E-state index < -0.39 is 17.6 Å². The third-order valence-electron chi connectivity index (χ3n) is 2.36. The van der Waals surface area contributed by atoms with Crippen LogP contribution in [0, 0.1) is 5.82 Å². The molecule has 2 nitrogen and oxygen atoms in total. The predicted molar refractivity (Wildman–Crippen MR) is 71.6 cm³/mol. The number of nitrogens with zero attached hydrogens (tertiary/aromatic N) is 1. The number of halogens is 6. The molecule has 0 amide bonds. The summed E-state index contributed by atoms with van der Waals surface area (Å²) in [4.78, 5) is 3.77. The van der Waals surface area contributed by atoms with E-state index >= 15 is 0 Å². The Bertz CT molecular complexity index is 646. The second kappa shape index (κ2) is 5.57. The third-order valence-corrected chi connectivity index (χ3v) is 3.10. The number of aromatic nitrogens is 1. The van der Waals surface area contributed by atoms with E-state index in [1.807, 2.05) is 0 Å². The Morgan fingerprint density at radius 3 is 2.45 bits per heavy atom. The standard InChI is InChI=1S/C12H6BrClF4N2/c13-7-4-9(15)11(19-5-7)20-10-2-1-6(3-8(10)14)12(16,17)18/h1-5H,(H,19,20). The minimum absolute atomic E-state index is 0.130. The van der Waals surface area contributed by atoms with Crippen molar-refractivity contribution in [2.75, 3.05) is 5.32 Å². The van der Waals surface area contributed by atoms with Gasteiger partial charge >= 0.3 is 6.18 Å². The van der Waals surface area contributed by atoms with Crippen LogP contribution in [0.3, 0.4) is 0 Å². The summed E-state index contributed by atoms with van der Waals surface area (Å²) in [6, 6.07) is 3.91. The summed E-state index contributed by atoms with van der Waals surface area (Å²) in [6.07, 6.45) is -3.13. The van der Waals surface area contributed by atoms with Crippen LogP contribution in [-0.4, -0.2) is 4.98 Å². The number of nitrogens with one attached hydrogen (secondary N) is 1. The molecule has 0 saturated carbocycles. The Labute approximate surface area is 124 Å². The van der Waals surface area contributed by atoms with Gasteiger partial charge in [-0.3, -0.25) is 0 Å². The lowest BCUT2D eigenvalue weighted by Crippen LogP contribution is -2.05. The molecule has 0 bridgehead atoms. The predicted octanol–water partition coefficient (Wildman–Crippen LogP) is 5.40. The molecule has 2 rings (SSSR count). The average Bonchev–Trinajstić information content (AvgIpc) is 2.33. The highest BCUT2D eigenvalue weighted by Crippen LogP contribution is 2.34. The van der Waals surface area contributed by atoms with Crippen LogP contribution >= 0.6 is 27.5 Å². The number of hydrogen-bond acceptors (Lipinski definition) is 2. The van der Waals surface area contributed by atoms with Crippen LogP contribution in [0.4, 0.5) is 29.1 Å². The first kappa shape index (κ1) is 15.1. The van der Waals surface area contributed by atoms with Crippen LogP contribution in [0.25, 0.3) is 0 Å². The lowest BCUT2D eigenvalue weighted by Gasteiger charge is -2.11. The van der Waals surface area contributed by atoms with Gasteiger partial charge in [-0.25, -0.2) is 9.37 Å². The summed E-state index contributed by atoms with van der Waals surface area (Å²) in [5.41, 5.74) is -0.745. The van der Waals surface area contributed by atoms with Crippen molar-refractivity contribution in [2.45, 2.75) is 6.18 Å². The van der Waals surface area contributed by atoms with Crippen molar-refractivity contribution >= 4 is 39.0 Å². The summed E-state index contributed by atoms with van der Waals surface area (Å²) in [5, 5.41) is 2.36. The zero-order valence-corrected chi connectivity index (χ0v) is 11.9. The molecule has 2 aromatic rings. The van der Waals surface area contributed by atoms with Crippen LogP contribution in [0.5, 0.6) is 0 Å². The van der Waals surface area contributed by atoms with Crippen LogP contribution in [0.1, 0.15) is 5.56 Å². The maximum absolute atomic E-state index is 13.6. The smallest absolute Gasteiger partial charge is 0.337 e. The molecule has 0 fully saturated rings. The van der Waals surface area contributed by atoms with Gasteiger partial charge in [0.25, 0.3) is 0 Å². The van der Waals surface area contributed by atoms with Crippen LogP contribution in [0.15, 0.2) is 34.9 Å². The molecule has 1 heterocycles. The Hall–Kier alpha value is -1.34. The molecule has 1 N–H and O–H groups in total. The van der Waals surface area contributed by atoms with E-state index in [2.05, 4.69) is 26.2 Å². The van der Waals surface area contributed by atoms with Gasteiger partial charge in [0.15, 0.2) is 11.6 Å². The minimum Gasteiger partial charge on any atom is -0.337 e. The third kappa shape index (κ3) is 3.40. The molecule has 8 heteroatoms. The molecule has 1 aromatic carbocycles. The van der Waals surface area contributed by atoms with E-state index in [-0.39, 0.29) is 16.5 Å². The van der Waals surface area contributed by atoms with Crippen molar-refractivity contribution < 1.29 is 17.6 Å². The van der Waals surface area contributed by atoms with E-state index in [9.17, 15) is 17.6 Å². The molecule has 20 heavy (non-hydrogen) atoms. The summed E-state index contributed by atoms with van der Waals surface area (Å²) in [6.45, 7) is 0. The molecule has 0 atom stereocenters. The van der Waals surface area contributed by atoms with Gasteiger partial charge in [0.2, 0.25) is 0 Å². The van der Waals surface area contributed by atoms with Gasteiger partial charge in [-0.2, -0.15) is 13.2 Å². The van der Waals surface area contributed by atoms with Crippen LogP contribution in [0.2, 0.25) is 5.02 Å². The maximum atomic E-state index is 13.6. The quantitative estimate of drug-likeness (QED) is 0.717. The normalized spacial score (nSPS) is 11.5. The molecule has 0 radical (unpaired) electrons. The van der Waals surface area contributed by atoms with E-state index in [0.717, 1.165) is 18.2 Å². The Balaban J connectivity index is 2.30. The summed E-state index contributed by atoms with van der Waals surface area (Å²) < 4.78 is 51.4. The summed E-state index contributed by atoms with van der Waals surface area (Å²) >= 11 is 8.79. The van der Waals surface area contributed by atoms with Gasteiger partial charge in [0, 0.05) is 10.7 Å². The molecule has 106 valence electrons. The Kier molecular flexibility index (Phi) is 4.19. The van der Waals surface area contributed by atoms with E-state index in [0.29, 0.717) is 4.47 Å². The lowest BCUT2D eigenvalue weighted by molar-refractivity contribution is -0.137. The molecule has 0 unspecified atom stereocenters. The average molecular weight is 370 g/mol. The maximum Gasteiger partial charge on any atom is 0.416 e. The van der Waals surface area contributed by atoms with Gasteiger partial charge in [-0.05, 0) is 40.2 Å². The fourth-order valence-electron chi connectivity index (χ4n) is 1.43. The zero-order chi connectivity index (χ0) is 14.9. The number of anilines is 2. The molecule has 0 aliphatic carbocycles. The minimum atomic E-state index is -4.48. The second-order valence-corrected chi connectivity index (χ2v) is 5.12. The van der Waals surface area contributed by atoms with Crippen molar-refractivity contribution in [3.05, 3.63) is 51.3 Å². The number of alkyl halides is 3. The molecule has 0 saturated heterocycles. The largest absolute Gasteiger partial charge is 0.416 e. The van der Waals surface area contributed by atoms with Crippen molar-refractivity contribution in [3.8, 4) is 0 Å². The highest BCUT2D eigenvalue weighted by atomic mass is 79.9. The van der Waals surface area contributed by atoms with Gasteiger partial charge in [0.1, 0.15) is 0 Å². The molecule has 0 aliphatic heterocycles. The van der Waals surface area contributed by atoms with Gasteiger partial charge in [-0.15, -0.1) is 0 Å². The van der Waals surface area contributed by atoms with Crippen LogP contribution < -0.4 is 5.32 Å². The van der Waals surface area contributed by atoms with Crippen molar-refractivity contribution in [1.82, 2.24) is 4.98 Å². The van der Waals surface area contributed by atoms with E-state index in [1.54, 1.807) is 0 Å². The van der Waals surface area contributed by atoms with E-state index in [4.69, 9.17) is 11.6 Å². The first-order chi connectivity index (χ1) is 9.27. The van der Waals surface area contributed by atoms with Gasteiger partial charge < -0.3 is 5.32 Å². The number of benzene rings is 1. The number of rotatable bonds is 2. The van der Waals surface area contributed by atoms with Crippen molar-refractivity contribution in [2.24, 2.45) is 0 Å². The fraction of sp³-hybridized carbons (Fsp3) is 0.0833. The van der Waals surface area contributed by atoms with Crippen LogP contribution in [-0.2, 0) is 6.18 Å². The van der Waals surface area contributed by atoms with Crippen molar-refractivity contribution in [1.29, 1.82) is 0 Å². The van der Waals surface area contributed by atoms with Crippen molar-refractivity contribution in [3.63, 3.8) is 0 Å². The monoisotopic (exact) mass is 368 g/mol. The lowest BCUT2D eigenvalue weighted by atomic mass is 10.2. The Morgan fingerprint density at radius 1 is 1.20 bits per heavy atom. The summed E-state index contributed by atoms with van der Waals surface area (Å²) in [7, 11) is 0. The number of hydrogen-bond donors (Lipinski definition) is 1. The molecule has 0 spiro atoms. The molecule has 1 aromatic heterocycles. The highest BCUT2D eigenvalue weighted by Gasteiger charge is 2.30. The molecular formula is C12H6BrClF4N2. The first-order valence-electron chi connectivity index (χ1n) is 5.22. The highest BCUT2D eigenvalue weighted by molar-refractivity contribution is 9.10. The molecule has 0 aliphatic rings. The van der Waals surface area contributed by atoms with Gasteiger partial charge in [-0.1, -0.05) is 11.6 Å². The number of pyridine rings is 1. The molecular weight excluding hydrogens is 363 g/mol. The second-order valence-electron chi connectivity index (χ2n) is 3.80. The summed E-state index contributed by atoms with van der Waals surface area (Å²) in [5.74, 6) is -0.787. The topological polar surface area (TPSA) is 24.9 Å². The SMILES string of the molecule is Fc1cc(Br)cnc1Nc1ccc(C(F)(F)F)cc1Cl. The first-order valence-corrected chi connectivity index (χ1v) is 6.39. The zero-order valence-electron chi connectivity index (χ0n) is 9.60.